The monoisotopic (exact) mass is 276 g/mol. The zero-order chi connectivity index (χ0) is 13.9. The number of hydrogen-bond acceptors (Lipinski definition) is 5. The van der Waals surface area contributed by atoms with E-state index in [0.717, 1.165) is 50.0 Å². The summed E-state index contributed by atoms with van der Waals surface area (Å²) >= 11 is 0. The number of aromatic nitrogens is 2. The fourth-order valence-corrected chi connectivity index (χ4v) is 2.57. The lowest BCUT2D eigenvalue weighted by atomic mass is 10.1. The molecular formula is C15H24N4O. The van der Waals surface area contributed by atoms with Gasteiger partial charge in [-0.15, -0.1) is 0 Å². The van der Waals surface area contributed by atoms with Crippen molar-refractivity contribution in [2.24, 2.45) is 0 Å². The molecule has 3 rings (SSSR count). The molecular weight excluding hydrogens is 252 g/mol. The van der Waals surface area contributed by atoms with Crippen molar-refractivity contribution in [3.63, 3.8) is 0 Å². The number of anilines is 1. The third-order valence-corrected chi connectivity index (χ3v) is 3.97. The Bertz CT molecular complexity index is 453. The van der Waals surface area contributed by atoms with Gasteiger partial charge in [-0.1, -0.05) is 0 Å². The highest BCUT2D eigenvalue weighted by molar-refractivity contribution is 5.39. The van der Waals surface area contributed by atoms with Crippen LogP contribution in [-0.2, 0) is 0 Å². The van der Waals surface area contributed by atoms with Gasteiger partial charge in [-0.2, -0.15) is 4.98 Å². The van der Waals surface area contributed by atoms with Gasteiger partial charge in [0, 0.05) is 31.6 Å². The molecule has 110 valence electrons. The SMILES string of the molecule is CCNc1cc(OC2CCN(C)CC2)nc(C2CC2)n1. The van der Waals surface area contributed by atoms with Gasteiger partial charge in [-0.05, 0) is 39.7 Å². The summed E-state index contributed by atoms with van der Waals surface area (Å²) in [7, 11) is 2.16. The molecule has 20 heavy (non-hydrogen) atoms. The Balaban J connectivity index is 1.70. The van der Waals surface area contributed by atoms with Gasteiger partial charge in [0.1, 0.15) is 17.7 Å². The topological polar surface area (TPSA) is 50.3 Å². The van der Waals surface area contributed by atoms with Crippen molar-refractivity contribution in [1.29, 1.82) is 0 Å². The summed E-state index contributed by atoms with van der Waals surface area (Å²) in [6.07, 6.45) is 4.88. The quantitative estimate of drug-likeness (QED) is 0.894. The van der Waals surface area contributed by atoms with E-state index in [9.17, 15) is 0 Å². The third kappa shape index (κ3) is 3.39. The van der Waals surface area contributed by atoms with E-state index >= 15 is 0 Å². The Kier molecular flexibility index (Phi) is 4.05. The van der Waals surface area contributed by atoms with Gasteiger partial charge in [0.2, 0.25) is 5.88 Å². The first-order valence-electron chi connectivity index (χ1n) is 7.72. The number of hydrogen-bond donors (Lipinski definition) is 1. The van der Waals surface area contributed by atoms with Crippen LogP contribution in [0.25, 0.3) is 0 Å². The average molecular weight is 276 g/mol. The lowest BCUT2D eigenvalue weighted by molar-refractivity contribution is 0.109. The van der Waals surface area contributed by atoms with Crippen molar-refractivity contribution >= 4 is 5.82 Å². The molecule has 5 nitrogen and oxygen atoms in total. The van der Waals surface area contributed by atoms with Crippen molar-refractivity contribution in [2.75, 3.05) is 32.0 Å². The smallest absolute Gasteiger partial charge is 0.219 e. The summed E-state index contributed by atoms with van der Waals surface area (Å²) in [6.45, 7) is 5.15. The standard InChI is InChI=1S/C15H24N4O/c1-3-16-13-10-14(18-15(17-13)11-4-5-11)20-12-6-8-19(2)9-7-12/h10-12H,3-9H2,1-2H3,(H,16,17,18). The van der Waals surface area contributed by atoms with Crippen molar-refractivity contribution in [1.82, 2.24) is 14.9 Å². The minimum absolute atomic E-state index is 0.294. The molecule has 0 amide bonds. The molecule has 0 atom stereocenters. The highest BCUT2D eigenvalue weighted by Crippen LogP contribution is 2.39. The van der Waals surface area contributed by atoms with Crippen molar-refractivity contribution < 1.29 is 4.74 Å². The van der Waals surface area contributed by atoms with Crippen molar-refractivity contribution in [2.45, 2.75) is 44.6 Å². The maximum atomic E-state index is 6.09. The highest BCUT2D eigenvalue weighted by Gasteiger charge is 2.28. The van der Waals surface area contributed by atoms with Gasteiger partial charge >= 0.3 is 0 Å². The largest absolute Gasteiger partial charge is 0.474 e. The molecule has 1 aliphatic heterocycles. The molecule has 0 unspecified atom stereocenters. The lowest BCUT2D eigenvalue weighted by Gasteiger charge is -2.29. The molecule has 0 aromatic carbocycles. The Morgan fingerprint density at radius 2 is 2.00 bits per heavy atom. The Morgan fingerprint density at radius 1 is 1.25 bits per heavy atom. The molecule has 2 fully saturated rings. The van der Waals surface area contributed by atoms with E-state index in [2.05, 4.69) is 34.2 Å². The van der Waals surface area contributed by atoms with Crippen LogP contribution in [0.5, 0.6) is 5.88 Å². The fraction of sp³-hybridized carbons (Fsp3) is 0.733. The lowest BCUT2D eigenvalue weighted by Crippen LogP contribution is -2.35. The van der Waals surface area contributed by atoms with Gasteiger partial charge in [0.25, 0.3) is 0 Å². The minimum Gasteiger partial charge on any atom is -0.474 e. The zero-order valence-electron chi connectivity index (χ0n) is 12.4. The maximum Gasteiger partial charge on any atom is 0.219 e. The molecule has 0 bridgehead atoms. The van der Waals surface area contributed by atoms with E-state index in [4.69, 9.17) is 4.74 Å². The highest BCUT2D eigenvalue weighted by atomic mass is 16.5. The second-order valence-corrected chi connectivity index (χ2v) is 5.87. The van der Waals surface area contributed by atoms with Gasteiger partial charge in [0.05, 0.1) is 0 Å². The second-order valence-electron chi connectivity index (χ2n) is 5.87. The normalized spacial score (nSPS) is 20.9. The van der Waals surface area contributed by atoms with E-state index in [0.29, 0.717) is 12.0 Å². The van der Waals surface area contributed by atoms with Crippen LogP contribution >= 0.6 is 0 Å². The molecule has 1 aromatic rings. The van der Waals surface area contributed by atoms with Gasteiger partial charge < -0.3 is 15.0 Å². The van der Waals surface area contributed by atoms with Crippen LogP contribution in [0, 0.1) is 0 Å². The zero-order valence-corrected chi connectivity index (χ0v) is 12.4. The predicted molar refractivity (Wildman–Crippen MR) is 79.3 cm³/mol. The molecule has 0 spiro atoms. The molecule has 2 aliphatic rings. The Labute approximate surface area is 120 Å². The molecule has 1 aromatic heterocycles. The van der Waals surface area contributed by atoms with Crippen LogP contribution in [0.15, 0.2) is 6.07 Å². The second kappa shape index (κ2) is 5.95. The fourth-order valence-electron chi connectivity index (χ4n) is 2.57. The van der Waals surface area contributed by atoms with Crippen LogP contribution in [0.2, 0.25) is 0 Å². The van der Waals surface area contributed by atoms with Crippen LogP contribution in [0.1, 0.15) is 44.3 Å². The first-order chi connectivity index (χ1) is 9.74. The number of ether oxygens (including phenoxy) is 1. The average Bonchev–Trinajstić information content (AvgIpc) is 3.26. The summed E-state index contributed by atoms with van der Waals surface area (Å²) in [5.74, 6) is 3.14. The molecule has 1 saturated carbocycles. The number of nitrogens with one attached hydrogen (secondary N) is 1. The van der Waals surface area contributed by atoms with E-state index in [1.807, 2.05) is 6.07 Å². The Morgan fingerprint density at radius 3 is 2.65 bits per heavy atom. The molecule has 1 aliphatic carbocycles. The minimum atomic E-state index is 0.294. The van der Waals surface area contributed by atoms with Crippen LogP contribution in [0.4, 0.5) is 5.82 Å². The number of nitrogens with zero attached hydrogens (tertiary/aromatic N) is 3. The molecule has 1 N–H and O–H groups in total. The van der Waals surface area contributed by atoms with Gasteiger partial charge in [0.15, 0.2) is 0 Å². The molecule has 5 heteroatoms. The predicted octanol–water partition coefficient (Wildman–Crippen LogP) is 2.26. The summed E-state index contributed by atoms with van der Waals surface area (Å²) in [4.78, 5) is 11.5. The van der Waals surface area contributed by atoms with E-state index in [1.54, 1.807) is 0 Å². The van der Waals surface area contributed by atoms with Gasteiger partial charge in [-0.25, -0.2) is 4.98 Å². The number of rotatable bonds is 5. The summed E-state index contributed by atoms with van der Waals surface area (Å²) < 4.78 is 6.09. The van der Waals surface area contributed by atoms with Gasteiger partial charge in [-0.3, -0.25) is 0 Å². The van der Waals surface area contributed by atoms with Crippen molar-refractivity contribution in [3.8, 4) is 5.88 Å². The van der Waals surface area contributed by atoms with Crippen LogP contribution in [-0.4, -0.2) is 47.7 Å². The van der Waals surface area contributed by atoms with Crippen molar-refractivity contribution in [3.05, 3.63) is 11.9 Å². The summed E-state index contributed by atoms with van der Waals surface area (Å²) in [6, 6.07) is 1.94. The number of likely N-dealkylation sites (tertiary alicyclic amines) is 1. The van der Waals surface area contributed by atoms with E-state index in [-0.39, 0.29) is 0 Å². The first-order valence-corrected chi connectivity index (χ1v) is 7.72. The van der Waals surface area contributed by atoms with Crippen LogP contribution < -0.4 is 10.1 Å². The van der Waals surface area contributed by atoms with Crippen LogP contribution in [0.3, 0.4) is 0 Å². The molecule has 1 saturated heterocycles. The Hall–Kier alpha value is -1.36. The van der Waals surface area contributed by atoms with E-state index < -0.39 is 0 Å². The molecule has 2 heterocycles. The van der Waals surface area contributed by atoms with E-state index in [1.165, 1.54) is 12.8 Å². The third-order valence-electron chi connectivity index (χ3n) is 3.97. The number of piperidine rings is 1. The summed E-state index contributed by atoms with van der Waals surface area (Å²) in [5.41, 5.74) is 0. The molecule has 0 radical (unpaired) electrons. The first kappa shape index (κ1) is 13.6. The maximum absolute atomic E-state index is 6.09. The summed E-state index contributed by atoms with van der Waals surface area (Å²) in [5, 5.41) is 3.28.